The molecule has 202 valence electrons. The summed E-state index contributed by atoms with van der Waals surface area (Å²) in [6.07, 6.45) is 0. The molecule has 0 aliphatic heterocycles. The van der Waals surface area contributed by atoms with Gasteiger partial charge in [0.1, 0.15) is 0 Å². The van der Waals surface area contributed by atoms with Crippen LogP contribution in [-0.2, 0) is 0 Å². The van der Waals surface area contributed by atoms with E-state index in [2.05, 4.69) is 156 Å². The number of thiophene rings is 1. The van der Waals surface area contributed by atoms with E-state index in [1.54, 1.807) is 0 Å². The maximum Gasteiger partial charge on any atom is 0.0540 e. The van der Waals surface area contributed by atoms with Gasteiger partial charge >= 0.3 is 0 Å². The highest BCUT2D eigenvalue weighted by atomic mass is 32.1. The Morgan fingerprint density at radius 1 is 0.442 bits per heavy atom. The van der Waals surface area contributed by atoms with Gasteiger partial charge in [-0.15, -0.1) is 11.3 Å². The second-order valence-electron chi connectivity index (χ2n) is 11.1. The van der Waals surface area contributed by atoms with Crippen LogP contribution in [0.3, 0.4) is 0 Å². The summed E-state index contributed by atoms with van der Waals surface area (Å²) in [4.78, 5) is 2.42. The summed E-state index contributed by atoms with van der Waals surface area (Å²) < 4.78 is 2.63. The van der Waals surface area contributed by atoms with E-state index >= 15 is 0 Å². The quantitative estimate of drug-likeness (QED) is 0.208. The monoisotopic (exact) mass is 566 g/mol. The van der Waals surface area contributed by atoms with Gasteiger partial charge in [-0.1, -0.05) is 91.0 Å². The highest BCUT2D eigenvalue weighted by Crippen LogP contribution is 2.46. The lowest BCUT2D eigenvalue weighted by atomic mass is 9.92. The largest absolute Gasteiger partial charge is 0.355 e. The van der Waals surface area contributed by atoms with Crippen LogP contribution in [0.25, 0.3) is 52.5 Å². The second kappa shape index (κ2) is 9.59. The van der Waals surface area contributed by atoms with Crippen molar-refractivity contribution in [3.05, 3.63) is 152 Å². The first-order valence-corrected chi connectivity index (χ1v) is 15.4. The molecule has 43 heavy (non-hydrogen) atoms. The molecule has 0 radical (unpaired) electrons. The predicted octanol–water partition coefficient (Wildman–Crippen LogP) is 12.2. The van der Waals surface area contributed by atoms with Crippen molar-refractivity contribution in [2.45, 2.75) is 0 Å². The number of anilines is 5. The van der Waals surface area contributed by atoms with Gasteiger partial charge in [-0.05, 0) is 82.2 Å². The molecule has 1 aromatic heterocycles. The summed E-state index contributed by atoms with van der Waals surface area (Å²) in [5.41, 5.74) is 5.68. The van der Waals surface area contributed by atoms with Crippen molar-refractivity contribution in [3.8, 4) is 0 Å². The Bertz CT molecular complexity index is 2430. The number of benzene rings is 8. The molecule has 8 aromatic carbocycles. The fourth-order valence-corrected chi connectivity index (χ4v) is 7.71. The Balaban J connectivity index is 1.30. The standard InChI is InChI=1S/C40H26N2S/c1-3-9-28(10-4-1)41-35-22-17-26-16-21-33-36(23-18-27-15-20-32(35)39(26)40(27)33)42(29-11-5-2-6-12-29)30-19-24-38-34(25-30)31-13-7-8-14-37(31)43-38/h1-25,41H. The minimum Gasteiger partial charge on any atom is -0.355 e. The Kier molecular flexibility index (Phi) is 5.40. The van der Waals surface area contributed by atoms with Crippen LogP contribution in [0.1, 0.15) is 0 Å². The van der Waals surface area contributed by atoms with Crippen molar-refractivity contribution in [2.75, 3.05) is 10.2 Å². The zero-order chi connectivity index (χ0) is 28.3. The number of nitrogens with zero attached hydrogens (tertiary/aromatic N) is 1. The lowest BCUT2D eigenvalue weighted by molar-refractivity contribution is 1.31. The molecule has 9 aromatic rings. The number of para-hydroxylation sites is 2. The van der Waals surface area contributed by atoms with Crippen LogP contribution in [-0.4, -0.2) is 0 Å². The van der Waals surface area contributed by atoms with Crippen LogP contribution in [0, 0.1) is 0 Å². The number of rotatable bonds is 5. The van der Waals surface area contributed by atoms with Gasteiger partial charge in [0.25, 0.3) is 0 Å². The highest BCUT2D eigenvalue weighted by molar-refractivity contribution is 7.25. The molecule has 0 bridgehead atoms. The average Bonchev–Trinajstić information content (AvgIpc) is 3.44. The predicted molar refractivity (Wildman–Crippen MR) is 187 cm³/mol. The highest BCUT2D eigenvalue weighted by Gasteiger charge is 2.20. The van der Waals surface area contributed by atoms with Crippen LogP contribution >= 0.6 is 11.3 Å². The third-order valence-corrected chi connectivity index (χ3v) is 9.72. The summed E-state index contributed by atoms with van der Waals surface area (Å²) >= 11 is 1.86. The van der Waals surface area contributed by atoms with Crippen molar-refractivity contribution < 1.29 is 0 Å². The molecule has 1 heterocycles. The fraction of sp³-hybridized carbons (Fsp3) is 0. The van der Waals surface area contributed by atoms with Crippen molar-refractivity contribution in [3.63, 3.8) is 0 Å². The molecule has 0 atom stereocenters. The zero-order valence-electron chi connectivity index (χ0n) is 23.3. The SMILES string of the molecule is c1ccc(Nc2ccc3ccc4c(N(c5ccccc5)c5ccc6sc7ccccc7c6c5)ccc5ccc2c3c54)cc1. The first kappa shape index (κ1) is 24.2. The first-order valence-electron chi connectivity index (χ1n) is 14.6. The van der Waals surface area contributed by atoms with Gasteiger partial charge < -0.3 is 10.2 Å². The van der Waals surface area contributed by atoms with Crippen molar-refractivity contribution in [1.82, 2.24) is 0 Å². The Hall–Kier alpha value is -5.38. The summed E-state index contributed by atoms with van der Waals surface area (Å²) in [6.45, 7) is 0. The Morgan fingerprint density at radius 3 is 1.93 bits per heavy atom. The van der Waals surface area contributed by atoms with E-state index < -0.39 is 0 Å². The normalized spacial score (nSPS) is 11.7. The van der Waals surface area contributed by atoms with Crippen molar-refractivity contribution in [1.29, 1.82) is 0 Å². The lowest BCUT2D eigenvalue weighted by Gasteiger charge is -2.28. The summed E-state index contributed by atoms with van der Waals surface area (Å²) in [7, 11) is 0. The molecule has 3 heteroatoms. The smallest absolute Gasteiger partial charge is 0.0540 e. The molecule has 0 saturated heterocycles. The topological polar surface area (TPSA) is 15.3 Å². The summed E-state index contributed by atoms with van der Waals surface area (Å²) in [6, 6.07) is 54.9. The first-order chi connectivity index (χ1) is 21.3. The molecular weight excluding hydrogens is 541 g/mol. The Labute approximate surface area is 253 Å². The van der Waals surface area contributed by atoms with Crippen LogP contribution in [0.2, 0.25) is 0 Å². The van der Waals surface area contributed by atoms with Gasteiger partial charge in [-0.2, -0.15) is 0 Å². The van der Waals surface area contributed by atoms with E-state index in [1.807, 2.05) is 17.4 Å². The van der Waals surface area contributed by atoms with E-state index in [-0.39, 0.29) is 0 Å². The molecule has 0 saturated carbocycles. The number of hydrogen-bond donors (Lipinski definition) is 1. The molecule has 0 amide bonds. The number of fused-ring (bicyclic) bond motifs is 3. The molecular formula is C40H26N2S. The maximum absolute atomic E-state index is 3.67. The molecule has 0 fully saturated rings. The van der Waals surface area contributed by atoms with Gasteiger partial charge in [0.2, 0.25) is 0 Å². The van der Waals surface area contributed by atoms with Crippen LogP contribution in [0.15, 0.2) is 152 Å². The zero-order valence-corrected chi connectivity index (χ0v) is 24.1. The molecule has 1 N–H and O–H groups in total. The van der Waals surface area contributed by atoms with Crippen LogP contribution < -0.4 is 10.2 Å². The van der Waals surface area contributed by atoms with Gasteiger partial charge in [0.15, 0.2) is 0 Å². The van der Waals surface area contributed by atoms with Gasteiger partial charge in [0.05, 0.1) is 5.69 Å². The molecule has 0 spiro atoms. The minimum absolute atomic E-state index is 1.09. The Morgan fingerprint density at radius 2 is 1.09 bits per heavy atom. The fourth-order valence-electron chi connectivity index (χ4n) is 6.62. The minimum atomic E-state index is 1.09. The molecule has 2 nitrogen and oxygen atoms in total. The second-order valence-corrected chi connectivity index (χ2v) is 12.1. The summed E-state index contributed by atoms with van der Waals surface area (Å²) in [5, 5.41) is 13.8. The van der Waals surface area contributed by atoms with E-state index in [9.17, 15) is 0 Å². The van der Waals surface area contributed by atoms with E-state index in [0.717, 1.165) is 22.7 Å². The van der Waals surface area contributed by atoms with Crippen molar-refractivity contribution >= 4 is 92.3 Å². The van der Waals surface area contributed by atoms with Gasteiger partial charge in [0, 0.05) is 53.7 Å². The molecule has 9 rings (SSSR count). The maximum atomic E-state index is 3.67. The van der Waals surface area contributed by atoms with Gasteiger partial charge in [-0.3, -0.25) is 0 Å². The number of nitrogens with one attached hydrogen (secondary N) is 1. The van der Waals surface area contributed by atoms with Gasteiger partial charge in [-0.25, -0.2) is 0 Å². The van der Waals surface area contributed by atoms with Crippen molar-refractivity contribution in [2.24, 2.45) is 0 Å². The van der Waals surface area contributed by atoms with Crippen LogP contribution in [0.5, 0.6) is 0 Å². The third kappa shape index (κ3) is 3.86. The summed E-state index contributed by atoms with van der Waals surface area (Å²) in [5.74, 6) is 0. The van der Waals surface area contributed by atoms with E-state index in [1.165, 1.54) is 58.2 Å². The molecule has 0 aliphatic rings. The van der Waals surface area contributed by atoms with Crippen LogP contribution in [0.4, 0.5) is 28.4 Å². The molecule has 0 unspecified atom stereocenters. The lowest BCUT2D eigenvalue weighted by Crippen LogP contribution is -2.10. The number of hydrogen-bond acceptors (Lipinski definition) is 3. The van der Waals surface area contributed by atoms with E-state index in [4.69, 9.17) is 0 Å². The third-order valence-electron chi connectivity index (χ3n) is 8.57. The van der Waals surface area contributed by atoms with E-state index in [0.29, 0.717) is 0 Å². The molecule has 0 aliphatic carbocycles. The average molecular weight is 567 g/mol.